The molecule has 2 aliphatic heterocycles. The second-order valence-electron chi connectivity index (χ2n) is 6.16. The number of carbonyl (C=O) groups excluding carboxylic acids is 2. The number of halogens is 1. The van der Waals surface area contributed by atoms with Crippen LogP contribution in [0.4, 0.5) is 4.39 Å². The number of hydrogen-bond donors (Lipinski definition) is 0. The van der Waals surface area contributed by atoms with Gasteiger partial charge in [0, 0.05) is 12.2 Å². The Hall–Kier alpha value is -2.15. The van der Waals surface area contributed by atoms with E-state index in [0.29, 0.717) is 34.2 Å². The van der Waals surface area contributed by atoms with Gasteiger partial charge in [0.1, 0.15) is 5.82 Å². The molecule has 0 radical (unpaired) electrons. The van der Waals surface area contributed by atoms with Gasteiger partial charge >= 0.3 is 5.97 Å². The number of nitrogens with zero attached hydrogens (tertiary/aromatic N) is 2. The van der Waals surface area contributed by atoms with Crippen LogP contribution < -0.4 is 0 Å². The van der Waals surface area contributed by atoms with Crippen LogP contribution in [0.5, 0.6) is 0 Å². The third-order valence-corrected chi connectivity index (χ3v) is 4.91. The SMILES string of the molecule is CC1=C(C(=O)OC(C)C)C(c2ccc(F)cc2)N2C(=O)CCSC2=N1. The lowest BCUT2D eigenvalue weighted by Gasteiger charge is -2.39. The summed E-state index contributed by atoms with van der Waals surface area (Å²) < 4.78 is 18.7. The number of allylic oxidation sites excluding steroid dienone is 1. The highest BCUT2D eigenvalue weighted by atomic mass is 32.2. The smallest absolute Gasteiger partial charge is 0.338 e. The molecule has 5 nitrogen and oxygen atoms in total. The van der Waals surface area contributed by atoms with Gasteiger partial charge in [-0.1, -0.05) is 23.9 Å². The Morgan fingerprint density at radius 3 is 2.68 bits per heavy atom. The van der Waals surface area contributed by atoms with Gasteiger partial charge in [0.25, 0.3) is 0 Å². The van der Waals surface area contributed by atoms with E-state index < -0.39 is 12.0 Å². The van der Waals surface area contributed by atoms with Crippen LogP contribution in [0.2, 0.25) is 0 Å². The average molecular weight is 362 g/mol. The van der Waals surface area contributed by atoms with Gasteiger partial charge in [-0.3, -0.25) is 9.69 Å². The number of thioether (sulfide) groups is 1. The Bertz CT molecular complexity index is 771. The highest BCUT2D eigenvalue weighted by Gasteiger charge is 2.41. The lowest BCUT2D eigenvalue weighted by Crippen LogP contribution is -2.46. The zero-order valence-corrected chi connectivity index (χ0v) is 15.1. The van der Waals surface area contributed by atoms with Crippen LogP contribution >= 0.6 is 11.8 Å². The van der Waals surface area contributed by atoms with E-state index in [1.54, 1.807) is 32.9 Å². The Morgan fingerprint density at radius 1 is 1.36 bits per heavy atom. The van der Waals surface area contributed by atoms with Crippen molar-refractivity contribution in [2.45, 2.75) is 39.3 Å². The van der Waals surface area contributed by atoms with Gasteiger partial charge in [0.15, 0.2) is 5.17 Å². The summed E-state index contributed by atoms with van der Waals surface area (Å²) in [6.07, 6.45) is 0.0749. The molecule has 1 amide bonds. The van der Waals surface area contributed by atoms with E-state index in [1.807, 2.05) is 0 Å². The molecule has 0 spiro atoms. The summed E-state index contributed by atoms with van der Waals surface area (Å²) >= 11 is 1.48. The molecule has 1 aromatic rings. The van der Waals surface area contributed by atoms with Crippen molar-refractivity contribution in [3.05, 3.63) is 46.9 Å². The number of hydrogen-bond acceptors (Lipinski definition) is 5. The first-order chi connectivity index (χ1) is 11.9. The molecule has 2 aliphatic rings. The number of amides is 1. The minimum atomic E-state index is -0.653. The number of rotatable bonds is 3. The first-order valence-electron chi connectivity index (χ1n) is 8.09. The highest BCUT2D eigenvalue weighted by Crippen LogP contribution is 2.40. The van der Waals surface area contributed by atoms with Gasteiger partial charge in [0.2, 0.25) is 5.91 Å². The third kappa shape index (κ3) is 3.46. The van der Waals surface area contributed by atoms with Gasteiger partial charge in [-0.15, -0.1) is 0 Å². The molecular weight excluding hydrogens is 343 g/mol. The zero-order chi connectivity index (χ0) is 18.1. The van der Waals surface area contributed by atoms with Crippen molar-refractivity contribution in [3.8, 4) is 0 Å². The molecule has 0 bridgehead atoms. The molecule has 2 heterocycles. The highest BCUT2D eigenvalue weighted by molar-refractivity contribution is 8.14. The van der Waals surface area contributed by atoms with Gasteiger partial charge in [0.05, 0.1) is 23.4 Å². The van der Waals surface area contributed by atoms with E-state index in [-0.39, 0.29) is 17.8 Å². The predicted molar refractivity (Wildman–Crippen MR) is 94.4 cm³/mol. The number of fused-ring (bicyclic) bond motifs is 1. The lowest BCUT2D eigenvalue weighted by atomic mass is 9.94. The van der Waals surface area contributed by atoms with Crippen molar-refractivity contribution in [2.75, 3.05) is 5.75 Å². The monoisotopic (exact) mass is 362 g/mol. The van der Waals surface area contributed by atoms with Crippen LogP contribution in [-0.4, -0.2) is 33.8 Å². The second-order valence-corrected chi connectivity index (χ2v) is 7.23. The maximum atomic E-state index is 13.4. The van der Waals surface area contributed by atoms with Crippen LogP contribution in [0.25, 0.3) is 0 Å². The van der Waals surface area contributed by atoms with Crippen LogP contribution in [0.1, 0.15) is 38.8 Å². The minimum Gasteiger partial charge on any atom is -0.459 e. The first kappa shape index (κ1) is 17.7. The molecular formula is C18H19FN2O3S. The molecule has 3 rings (SSSR count). The molecule has 25 heavy (non-hydrogen) atoms. The quantitative estimate of drug-likeness (QED) is 0.773. The minimum absolute atomic E-state index is 0.103. The standard InChI is InChI=1S/C18H19FN2O3S/c1-10(2)24-17(23)15-11(3)20-18-21(14(22)8-9-25-18)16(15)12-4-6-13(19)7-5-12/h4-7,10,16H,8-9H2,1-3H3. The van der Waals surface area contributed by atoms with Gasteiger partial charge in [-0.25, -0.2) is 14.2 Å². The van der Waals surface area contributed by atoms with Crippen LogP contribution in [0.15, 0.2) is 40.5 Å². The van der Waals surface area contributed by atoms with Crippen molar-refractivity contribution in [3.63, 3.8) is 0 Å². The van der Waals surface area contributed by atoms with E-state index in [4.69, 9.17) is 4.74 Å². The first-order valence-corrected chi connectivity index (χ1v) is 9.08. The maximum Gasteiger partial charge on any atom is 0.338 e. The van der Waals surface area contributed by atoms with E-state index in [0.717, 1.165) is 0 Å². The third-order valence-electron chi connectivity index (χ3n) is 3.96. The summed E-state index contributed by atoms with van der Waals surface area (Å²) in [7, 11) is 0. The number of esters is 1. The molecule has 7 heteroatoms. The topological polar surface area (TPSA) is 59.0 Å². The molecule has 1 saturated heterocycles. The molecule has 1 unspecified atom stereocenters. The molecule has 0 N–H and O–H groups in total. The maximum absolute atomic E-state index is 13.4. The Balaban J connectivity index is 2.12. The summed E-state index contributed by atoms with van der Waals surface area (Å²) in [6, 6.07) is 5.17. The van der Waals surface area contributed by atoms with E-state index in [9.17, 15) is 14.0 Å². The van der Waals surface area contributed by atoms with Crippen LogP contribution in [0.3, 0.4) is 0 Å². The number of carbonyl (C=O) groups is 2. The zero-order valence-electron chi connectivity index (χ0n) is 14.3. The Morgan fingerprint density at radius 2 is 2.04 bits per heavy atom. The summed E-state index contributed by atoms with van der Waals surface area (Å²) in [4.78, 5) is 31.2. The number of ether oxygens (including phenoxy) is 1. The fourth-order valence-electron chi connectivity index (χ4n) is 2.90. The molecule has 1 aromatic carbocycles. The van der Waals surface area contributed by atoms with Crippen molar-refractivity contribution in [1.29, 1.82) is 0 Å². The molecule has 132 valence electrons. The van der Waals surface area contributed by atoms with Crippen molar-refractivity contribution >= 4 is 28.8 Å². The normalized spacial score (nSPS) is 20.5. The Labute approximate surface area is 149 Å². The number of benzene rings is 1. The van der Waals surface area contributed by atoms with Crippen LogP contribution in [0, 0.1) is 5.82 Å². The summed E-state index contributed by atoms with van der Waals surface area (Å²) in [5.41, 5.74) is 1.49. The number of amidine groups is 1. The van der Waals surface area contributed by atoms with Crippen LogP contribution in [-0.2, 0) is 14.3 Å². The molecule has 0 saturated carbocycles. The molecule has 0 aliphatic carbocycles. The Kier molecular flexibility index (Phi) is 4.94. The molecule has 0 aromatic heterocycles. The van der Waals surface area contributed by atoms with Gasteiger partial charge in [-0.2, -0.15) is 0 Å². The fraction of sp³-hybridized carbons (Fsp3) is 0.389. The van der Waals surface area contributed by atoms with Gasteiger partial charge in [-0.05, 0) is 38.5 Å². The molecule has 1 atom stereocenters. The van der Waals surface area contributed by atoms with E-state index in [1.165, 1.54) is 28.8 Å². The van der Waals surface area contributed by atoms with E-state index in [2.05, 4.69) is 4.99 Å². The summed E-state index contributed by atoms with van der Waals surface area (Å²) in [5, 5.41) is 0.573. The second kappa shape index (κ2) is 7.00. The summed E-state index contributed by atoms with van der Waals surface area (Å²) in [6.45, 7) is 5.26. The predicted octanol–water partition coefficient (Wildman–Crippen LogP) is 3.43. The van der Waals surface area contributed by atoms with Crippen molar-refractivity contribution in [2.24, 2.45) is 4.99 Å². The van der Waals surface area contributed by atoms with Gasteiger partial charge < -0.3 is 4.74 Å². The molecule has 1 fully saturated rings. The van der Waals surface area contributed by atoms with Crippen molar-refractivity contribution < 1.29 is 18.7 Å². The average Bonchev–Trinajstić information content (AvgIpc) is 2.53. The largest absolute Gasteiger partial charge is 0.459 e. The summed E-state index contributed by atoms with van der Waals surface area (Å²) in [5.74, 6) is -0.328. The van der Waals surface area contributed by atoms with Crippen molar-refractivity contribution in [1.82, 2.24) is 4.90 Å². The fourth-order valence-corrected chi connectivity index (χ4v) is 3.90. The van der Waals surface area contributed by atoms with E-state index >= 15 is 0 Å². The number of aliphatic imine (C=N–C) groups is 1. The lowest BCUT2D eigenvalue weighted by molar-refractivity contribution is -0.143.